The second kappa shape index (κ2) is 6.75. The number of fused-ring (bicyclic) bond motifs is 1. The molecule has 0 unspecified atom stereocenters. The van der Waals surface area contributed by atoms with Crippen molar-refractivity contribution in [3.63, 3.8) is 0 Å². The Bertz CT molecular complexity index is 1040. The molecule has 0 spiro atoms. The van der Waals surface area contributed by atoms with Gasteiger partial charge in [-0.15, -0.1) is 0 Å². The standard InChI is InChI=1S/C18H15F3N4O2/c1-4-16(26)23-11-7-13-10(2)24-25(17(13)22-9-11)12-5-6-14(18(19,20)21)15(8-12)27-3/h4-9H,1H2,2-3H3,(H,23,26). The molecule has 0 saturated carbocycles. The van der Waals surface area contributed by atoms with E-state index in [-0.39, 0.29) is 11.7 Å². The molecule has 9 heteroatoms. The number of methoxy groups -OCH3 is 1. The maximum atomic E-state index is 13.0. The van der Waals surface area contributed by atoms with Gasteiger partial charge in [-0.2, -0.15) is 18.3 Å². The van der Waals surface area contributed by atoms with Crippen molar-refractivity contribution in [2.75, 3.05) is 12.4 Å². The fourth-order valence-corrected chi connectivity index (χ4v) is 2.63. The summed E-state index contributed by atoms with van der Waals surface area (Å²) in [5.41, 5.74) is 0.995. The van der Waals surface area contributed by atoms with Crippen molar-refractivity contribution in [1.29, 1.82) is 0 Å². The van der Waals surface area contributed by atoms with Gasteiger partial charge in [0, 0.05) is 11.5 Å². The van der Waals surface area contributed by atoms with Crippen molar-refractivity contribution in [3.05, 3.63) is 54.4 Å². The number of halogens is 3. The molecule has 1 N–H and O–H groups in total. The number of amides is 1. The number of hydrogen-bond acceptors (Lipinski definition) is 4. The number of hydrogen-bond donors (Lipinski definition) is 1. The van der Waals surface area contributed by atoms with Gasteiger partial charge < -0.3 is 10.1 Å². The molecule has 0 radical (unpaired) electrons. The van der Waals surface area contributed by atoms with Crippen LogP contribution < -0.4 is 10.1 Å². The van der Waals surface area contributed by atoms with Gasteiger partial charge in [0.25, 0.3) is 0 Å². The first-order valence-electron chi connectivity index (χ1n) is 7.79. The van der Waals surface area contributed by atoms with Crippen LogP contribution in [0.5, 0.6) is 5.75 Å². The fraction of sp³-hybridized carbons (Fsp3) is 0.167. The third kappa shape index (κ3) is 3.48. The van der Waals surface area contributed by atoms with Crippen LogP contribution in [0, 0.1) is 6.92 Å². The number of alkyl halides is 3. The zero-order valence-electron chi connectivity index (χ0n) is 14.5. The maximum Gasteiger partial charge on any atom is 0.419 e. The second-order valence-corrected chi connectivity index (χ2v) is 5.67. The first kappa shape index (κ1) is 18.4. The van der Waals surface area contributed by atoms with Crippen molar-refractivity contribution in [2.24, 2.45) is 0 Å². The number of ether oxygens (including phenoxy) is 1. The Balaban J connectivity index is 2.10. The lowest BCUT2D eigenvalue weighted by molar-refractivity contribution is -0.138. The molecule has 0 bridgehead atoms. The third-order valence-corrected chi connectivity index (χ3v) is 3.90. The van der Waals surface area contributed by atoms with Crippen molar-refractivity contribution < 1.29 is 22.7 Å². The van der Waals surface area contributed by atoms with Crippen molar-refractivity contribution in [2.45, 2.75) is 13.1 Å². The number of nitrogens with zero attached hydrogens (tertiary/aromatic N) is 3. The number of carbonyl (C=O) groups is 1. The minimum atomic E-state index is -4.53. The molecule has 6 nitrogen and oxygen atoms in total. The Morgan fingerprint density at radius 2 is 2.07 bits per heavy atom. The zero-order chi connectivity index (χ0) is 19.8. The molecular weight excluding hydrogens is 361 g/mol. The number of carbonyl (C=O) groups excluding carboxylic acids is 1. The van der Waals surface area contributed by atoms with E-state index in [4.69, 9.17) is 4.74 Å². The Morgan fingerprint density at radius 1 is 1.33 bits per heavy atom. The molecule has 2 aromatic heterocycles. The number of pyridine rings is 1. The van der Waals surface area contributed by atoms with Crippen LogP contribution in [0.3, 0.4) is 0 Å². The van der Waals surface area contributed by atoms with Crippen LogP contribution in [0.4, 0.5) is 18.9 Å². The lowest BCUT2D eigenvalue weighted by Gasteiger charge is -2.13. The Hall–Kier alpha value is -3.36. The molecule has 0 fully saturated rings. The van der Waals surface area contributed by atoms with Gasteiger partial charge in [-0.3, -0.25) is 4.79 Å². The van der Waals surface area contributed by atoms with Crippen LogP contribution in [0.1, 0.15) is 11.3 Å². The molecule has 1 aromatic carbocycles. The van der Waals surface area contributed by atoms with Gasteiger partial charge in [-0.05, 0) is 31.2 Å². The topological polar surface area (TPSA) is 69.0 Å². The van der Waals surface area contributed by atoms with Gasteiger partial charge in [-0.25, -0.2) is 9.67 Å². The van der Waals surface area contributed by atoms with Crippen LogP contribution in [-0.2, 0) is 11.0 Å². The predicted molar refractivity (Wildman–Crippen MR) is 94.0 cm³/mol. The smallest absolute Gasteiger partial charge is 0.419 e. The number of anilines is 1. The molecule has 0 aliphatic heterocycles. The molecule has 0 aliphatic carbocycles. The van der Waals surface area contributed by atoms with Crippen LogP contribution in [0.15, 0.2) is 43.1 Å². The van der Waals surface area contributed by atoms with Crippen LogP contribution in [0.25, 0.3) is 16.7 Å². The summed E-state index contributed by atoms with van der Waals surface area (Å²) < 4.78 is 45.5. The lowest BCUT2D eigenvalue weighted by atomic mass is 10.1. The molecular formula is C18H15F3N4O2. The van der Waals surface area contributed by atoms with Crippen molar-refractivity contribution >= 4 is 22.6 Å². The van der Waals surface area contributed by atoms with Gasteiger partial charge in [0.05, 0.1) is 35.9 Å². The summed E-state index contributed by atoms with van der Waals surface area (Å²) in [4.78, 5) is 15.7. The van der Waals surface area contributed by atoms with E-state index in [1.54, 1.807) is 13.0 Å². The summed E-state index contributed by atoms with van der Waals surface area (Å²) in [5.74, 6) is -0.690. The van der Waals surface area contributed by atoms with E-state index >= 15 is 0 Å². The summed E-state index contributed by atoms with van der Waals surface area (Å²) in [6.07, 6.45) is -1.96. The van der Waals surface area contributed by atoms with Crippen molar-refractivity contribution in [1.82, 2.24) is 14.8 Å². The van der Waals surface area contributed by atoms with Gasteiger partial charge in [0.1, 0.15) is 5.75 Å². The first-order chi connectivity index (χ1) is 12.7. The summed E-state index contributed by atoms with van der Waals surface area (Å²) in [5, 5.41) is 7.60. The van der Waals surface area contributed by atoms with Gasteiger partial charge >= 0.3 is 6.18 Å². The Labute approximate surface area is 152 Å². The van der Waals surface area contributed by atoms with Gasteiger partial charge in [0.15, 0.2) is 5.65 Å². The highest BCUT2D eigenvalue weighted by molar-refractivity contribution is 6.00. The molecule has 27 heavy (non-hydrogen) atoms. The average Bonchev–Trinajstić information content (AvgIpc) is 2.96. The fourth-order valence-electron chi connectivity index (χ4n) is 2.63. The molecule has 3 aromatic rings. The molecule has 2 heterocycles. The number of rotatable bonds is 4. The highest BCUT2D eigenvalue weighted by atomic mass is 19.4. The van der Waals surface area contributed by atoms with Gasteiger partial charge in [-0.1, -0.05) is 6.58 Å². The van der Waals surface area contributed by atoms with E-state index in [9.17, 15) is 18.0 Å². The third-order valence-electron chi connectivity index (χ3n) is 3.90. The molecule has 0 saturated heterocycles. The Kier molecular flexibility index (Phi) is 4.61. The summed E-state index contributed by atoms with van der Waals surface area (Å²) in [7, 11) is 1.17. The largest absolute Gasteiger partial charge is 0.496 e. The molecule has 140 valence electrons. The molecule has 0 atom stereocenters. The normalized spacial score (nSPS) is 11.4. The van der Waals surface area contributed by atoms with Crippen LogP contribution in [0.2, 0.25) is 0 Å². The van der Waals surface area contributed by atoms with E-state index in [0.717, 1.165) is 12.1 Å². The molecule has 0 aliphatic rings. The predicted octanol–water partition coefficient (Wildman–Crippen LogP) is 3.88. The lowest BCUT2D eigenvalue weighted by Crippen LogP contribution is -2.09. The highest BCUT2D eigenvalue weighted by Crippen LogP contribution is 2.37. The quantitative estimate of drug-likeness (QED) is 0.702. The van der Waals surface area contributed by atoms with Crippen LogP contribution in [-0.4, -0.2) is 27.8 Å². The number of benzene rings is 1. The number of nitrogens with one attached hydrogen (secondary N) is 1. The summed E-state index contributed by atoms with van der Waals surface area (Å²) in [6, 6.07) is 5.18. The minimum Gasteiger partial charge on any atom is -0.496 e. The summed E-state index contributed by atoms with van der Waals surface area (Å²) >= 11 is 0. The van der Waals surface area contributed by atoms with Gasteiger partial charge in [0.2, 0.25) is 5.91 Å². The maximum absolute atomic E-state index is 13.0. The van der Waals surface area contributed by atoms with Crippen molar-refractivity contribution in [3.8, 4) is 11.4 Å². The number of aryl methyl sites for hydroxylation is 1. The minimum absolute atomic E-state index is 0.309. The van der Waals surface area contributed by atoms with Crippen LogP contribution >= 0.6 is 0 Å². The van der Waals surface area contributed by atoms with E-state index < -0.39 is 11.7 Å². The highest BCUT2D eigenvalue weighted by Gasteiger charge is 2.34. The first-order valence-corrected chi connectivity index (χ1v) is 7.79. The summed E-state index contributed by atoms with van der Waals surface area (Å²) in [6.45, 7) is 5.12. The van der Waals surface area contributed by atoms with E-state index in [0.29, 0.717) is 28.1 Å². The zero-order valence-corrected chi connectivity index (χ0v) is 14.5. The average molecular weight is 376 g/mol. The van der Waals surface area contributed by atoms with E-state index in [1.807, 2.05) is 0 Å². The monoisotopic (exact) mass is 376 g/mol. The molecule has 3 rings (SSSR count). The number of aromatic nitrogens is 3. The Morgan fingerprint density at radius 3 is 2.70 bits per heavy atom. The molecule has 1 amide bonds. The second-order valence-electron chi connectivity index (χ2n) is 5.67. The SMILES string of the molecule is C=CC(=O)Nc1cnc2c(c1)c(C)nn2-c1ccc(C(F)(F)F)c(OC)c1. The van der Waals surface area contributed by atoms with E-state index in [1.165, 1.54) is 30.1 Å². The van der Waals surface area contributed by atoms with E-state index in [2.05, 4.69) is 22.0 Å².